The van der Waals surface area contributed by atoms with Crippen LogP contribution in [0.5, 0.6) is 0 Å². The lowest BCUT2D eigenvalue weighted by atomic mass is 9.90. The average Bonchev–Trinajstić information content (AvgIpc) is 2.47. The highest BCUT2D eigenvalue weighted by molar-refractivity contribution is 5.08. The number of imidazole rings is 1. The summed E-state index contributed by atoms with van der Waals surface area (Å²) in [6.07, 6.45) is 4.28. The lowest BCUT2D eigenvalue weighted by molar-refractivity contribution is 0.340. The molecule has 3 heteroatoms. The van der Waals surface area contributed by atoms with Gasteiger partial charge < -0.3 is 10.3 Å². The molecule has 1 aromatic heterocycles. The molecule has 0 spiro atoms. The fraction of sp³-hybridized carbons (Fsp3) is 0.700. The van der Waals surface area contributed by atoms with Crippen LogP contribution in [0, 0.1) is 12.8 Å². The zero-order valence-electron chi connectivity index (χ0n) is 8.33. The van der Waals surface area contributed by atoms with Gasteiger partial charge in [0, 0.05) is 24.5 Å². The van der Waals surface area contributed by atoms with Gasteiger partial charge in [0.2, 0.25) is 0 Å². The van der Waals surface area contributed by atoms with Crippen molar-refractivity contribution in [2.75, 3.05) is 0 Å². The normalized spacial score (nSPS) is 24.1. The van der Waals surface area contributed by atoms with Crippen molar-refractivity contribution >= 4 is 0 Å². The van der Waals surface area contributed by atoms with Crippen LogP contribution in [0.15, 0.2) is 6.20 Å². The van der Waals surface area contributed by atoms with E-state index in [2.05, 4.69) is 23.4 Å². The van der Waals surface area contributed by atoms with E-state index < -0.39 is 0 Å². The predicted molar refractivity (Wildman–Crippen MR) is 52.4 cm³/mol. The van der Waals surface area contributed by atoms with Gasteiger partial charge in [-0.2, -0.15) is 0 Å². The summed E-state index contributed by atoms with van der Waals surface area (Å²) in [5.74, 6) is 1.78. The van der Waals surface area contributed by atoms with Gasteiger partial charge in [0.25, 0.3) is 0 Å². The van der Waals surface area contributed by atoms with Crippen molar-refractivity contribution in [3.8, 4) is 0 Å². The molecular formula is C10H17N3. The van der Waals surface area contributed by atoms with Crippen LogP contribution in [0.1, 0.15) is 24.9 Å². The van der Waals surface area contributed by atoms with Crippen molar-refractivity contribution < 1.29 is 0 Å². The molecule has 0 amide bonds. The minimum Gasteiger partial charge on any atom is -0.332 e. The van der Waals surface area contributed by atoms with Crippen LogP contribution in [0.4, 0.5) is 0 Å². The van der Waals surface area contributed by atoms with Crippen molar-refractivity contribution in [2.45, 2.75) is 39.3 Å². The Labute approximate surface area is 79.0 Å². The largest absolute Gasteiger partial charge is 0.332 e. The summed E-state index contributed by atoms with van der Waals surface area (Å²) in [5.41, 5.74) is 7.25. The quantitative estimate of drug-likeness (QED) is 0.701. The van der Waals surface area contributed by atoms with Gasteiger partial charge in [-0.15, -0.1) is 0 Å². The summed E-state index contributed by atoms with van der Waals surface area (Å²) in [4.78, 5) is 4.31. The number of nitrogens with two attached hydrogens (primary N) is 1. The third-order valence-electron chi connectivity index (χ3n) is 3.08. The van der Waals surface area contributed by atoms with Gasteiger partial charge in [-0.3, -0.25) is 0 Å². The van der Waals surface area contributed by atoms with Crippen molar-refractivity contribution in [2.24, 2.45) is 11.7 Å². The molecule has 2 heterocycles. The van der Waals surface area contributed by atoms with Crippen LogP contribution < -0.4 is 5.73 Å². The first-order valence-electron chi connectivity index (χ1n) is 4.95. The van der Waals surface area contributed by atoms with Crippen LogP contribution in [-0.2, 0) is 13.0 Å². The van der Waals surface area contributed by atoms with Gasteiger partial charge in [-0.05, 0) is 32.6 Å². The molecule has 2 N–H and O–H groups in total. The molecule has 0 fully saturated rings. The molecule has 0 saturated carbocycles. The maximum Gasteiger partial charge on any atom is 0.105 e. The Morgan fingerprint density at radius 2 is 2.46 bits per heavy atom. The molecule has 72 valence electrons. The van der Waals surface area contributed by atoms with Crippen LogP contribution in [0.3, 0.4) is 0 Å². The highest BCUT2D eigenvalue weighted by atomic mass is 15.1. The summed E-state index contributed by atoms with van der Waals surface area (Å²) in [6, 6.07) is 0.309. The molecule has 0 bridgehead atoms. The second-order valence-corrected chi connectivity index (χ2v) is 4.06. The number of aromatic nitrogens is 2. The standard InChI is InChI=1S/C10H17N3/c1-7(11)9-3-4-13-8(2)12-6-10(13)5-9/h6-7,9H,3-5,11H2,1-2H3. The number of hydrogen-bond donors (Lipinski definition) is 1. The van der Waals surface area contributed by atoms with E-state index in [0.29, 0.717) is 12.0 Å². The van der Waals surface area contributed by atoms with Gasteiger partial charge in [-0.1, -0.05) is 0 Å². The lowest BCUT2D eigenvalue weighted by Crippen LogP contribution is -2.33. The molecule has 1 aliphatic heterocycles. The van der Waals surface area contributed by atoms with E-state index in [0.717, 1.165) is 18.8 Å². The minimum atomic E-state index is 0.309. The van der Waals surface area contributed by atoms with E-state index in [9.17, 15) is 0 Å². The zero-order chi connectivity index (χ0) is 9.42. The summed E-state index contributed by atoms with van der Waals surface area (Å²) in [7, 11) is 0. The van der Waals surface area contributed by atoms with Crippen LogP contribution in [0.2, 0.25) is 0 Å². The SMILES string of the molecule is Cc1ncc2n1CCC(C(C)N)C2. The third-order valence-corrected chi connectivity index (χ3v) is 3.08. The maximum atomic E-state index is 5.90. The Hall–Kier alpha value is -0.830. The van der Waals surface area contributed by atoms with E-state index >= 15 is 0 Å². The highest BCUT2D eigenvalue weighted by Crippen LogP contribution is 2.23. The first kappa shape index (κ1) is 8.75. The van der Waals surface area contributed by atoms with E-state index in [-0.39, 0.29) is 0 Å². The summed E-state index contributed by atoms with van der Waals surface area (Å²) >= 11 is 0. The van der Waals surface area contributed by atoms with Gasteiger partial charge in [0.15, 0.2) is 0 Å². The Morgan fingerprint density at radius 1 is 1.69 bits per heavy atom. The molecule has 3 nitrogen and oxygen atoms in total. The summed E-state index contributed by atoms with van der Waals surface area (Å²) in [5, 5.41) is 0. The monoisotopic (exact) mass is 179 g/mol. The molecule has 1 aliphatic rings. The van der Waals surface area contributed by atoms with E-state index in [1.165, 1.54) is 12.1 Å². The van der Waals surface area contributed by atoms with Gasteiger partial charge in [-0.25, -0.2) is 4.98 Å². The molecule has 0 aromatic carbocycles. The predicted octanol–water partition coefficient (Wildman–Crippen LogP) is 1.10. The van der Waals surface area contributed by atoms with Crippen LogP contribution in [0.25, 0.3) is 0 Å². The molecule has 2 unspecified atom stereocenters. The first-order valence-corrected chi connectivity index (χ1v) is 4.95. The fourth-order valence-electron chi connectivity index (χ4n) is 2.10. The first-order chi connectivity index (χ1) is 6.18. The van der Waals surface area contributed by atoms with Crippen molar-refractivity contribution in [3.63, 3.8) is 0 Å². The Bertz CT molecular complexity index is 301. The van der Waals surface area contributed by atoms with Crippen molar-refractivity contribution in [3.05, 3.63) is 17.7 Å². The van der Waals surface area contributed by atoms with Crippen LogP contribution in [-0.4, -0.2) is 15.6 Å². The number of nitrogens with zero attached hydrogens (tertiary/aromatic N) is 2. The average molecular weight is 179 g/mol. The molecule has 0 radical (unpaired) electrons. The summed E-state index contributed by atoms with van der Waals surface area (Å²) < 4.78 is 2.30. The Kier molecular flexibility index (Phi) is 2.12. The van der Waals surface area contributed by atoms with Crippen LogP contribution >= 0.6 is 0 Å². The number of rotatable bonds is 1. The molecular weight excluding hydrogens is 162 g/mol. The number of aryl methyl sites for hydroxylation is 1. The third kappa shape index (κ3) is 1.48. The second-order valence-electron chi connectivity index (χ2n) is 4.06. The molecule has 0 aliphatic carbocycles. The zero-order valence-corrected chi connectivity index (χ0v) is 8.33. The fourth-order valence-corrected chi connectivity index (χ4v) is 2.10. The van der Waals surface area contributed by atoms with E-state index in [4.69, 9.17) is 5.73 Å². The van der Waals surface area contributed by atoms with Crippen molar-refractivity contribution in [1.82, 2.24) is 9.55 Å². The van der Waals surface area contributed by atoms with Gasteiger partial charge in [0.1, 0.15) is 5.82 Å². The second kappa shape index (κ2) is 3.14. The molecule has 0 saturated heterocycles. The molecule has 1 aromatic rings. The smallest absolute Gasteiger partial charge is 0.105 e. The van der Waals surface area contributed by atoms with E-state index in [1.54, 1.807) is 0 Å². The van der Waals surface area contributed by atoms with Crippen molar-refractivity contribution in [1.29, 1.82) is 0 Å². The van der Waals surface area contributed by atoms with E-state index in [1.807, 2.05) is 6.20 Å². The van der Waals surface area contributed by atoms with Gasteiger partial charge >= 0.3 is 0 Å². The molecule has 2 rings (SSSR count). The number of hydrogen-bond acceptors (Lipinski definition) is 2. The molecule has 13 heavy (non-hydrogen) atoms. The Balaban J connectivity index is 2.21. The molecule has 2 atom stereocenters. The van der Waals surface area contributed by atoms with Gasteiger partial charge in [0.05, 0.1) is 0 Å². The lowest BCUT2D eigenvalue weighted by Gasteiger charge is -2.27. The minimum absolute atomic E-state index is 0.309. The number of fused-ring (bicyclic) bond motifs is 1. The maximum absolute atomic E-state index is 5.90. The highest BCUT2D eigenvalue weighted by Gasteiger charge is 2.22. The summed E-state index contributed by atoms with van der Waals surface area (Å²) in [6.45, 7) is 5.26. The topological polar surface area (TPSA) is 43.8 Å². The Morgan fingerprint density at radius 3 is 3.15 bits per heavy atom.